The second kappa shape index (κ2) is 6.44. The van der Waals surface area contributed by atoms with Crippen LogP contribution in [-0.4, -0.2) is 14.2 Å². The van der Waals surface area contributed by atoms with Gasteiger partial charge in [-0.15, -0.1) is 0 Å². The maximum absolute atomic E-state index is 6.40. The molecule has 0 saturated heterocycles. The summed E-state index contributed by atoms with van der Waals surface area (Å²) in [5.74, 6) is 1.40. The Morgan fingerprint density at radius 1 is 1.05 bits per heavy atom. The molecule has 0 aliphatic rings. The highest BCUT2D eigenvalue weighted by atomic mass is 16.5. The van der Waals surface area contributed by atoms with Crippen molar-refractivity contribution in [3.8, 4) is 11.5 Å². The van der Waals surface area contributed by atoms with Gasteiger partial charge in [-0.05, 0) is 23.6 Å². The number of rotatable bonds is 5. The molecule has 2 N–H and O–H groups in total. The number of aryl methyl sites for hydroxylation is 1. The summed E-state index contributed by atoms with van der Waals surface area (Å²) in [5, 5.41) is 0. The average Bonchev–Trinajstić information content (AvgIpc) is 2.53. The Morgan fingerprint density at radius 3 is 2.45 bits per heavy atom. The van der Waals surface area contributed by atoms with Crippen LogP contribution in [0.15, 0.2) is 42.5 Å². The zero-order valence-corrected chi connectivity index (χ0v) is 12.2. The quantitative estimate of drug-likeness (QED) is 0.907. The Labute approximate surface area is 120 Å². The molecule has 0 amide bonds. The van der Waals surface area contributed by atoms with Gasteiger partial charge in [-0.3, -0.25) is 0 Å². The lowest BCUT2D eigenvalue weighted by Crippen LogP contribution is -2.13. The first-order chi connectivity index (χ1) is 9.71. The van der Waals surface area contributed by atoms with Crippen molar-refractivity contribution in [3.63, 3.8) is 0 Å². The molecule has 0 heterocycles. The van der Waals surface area contributed by atoms with E-state index in [-0.39, 0.29) is 6.04 Å². The number of benzene rings is 2. The number of methoxy groups -OCH3 is 2. The number of ether oxygens (including phenoxy) is 2. The maximum atomic E-state index is 6.40. The Bertz CT molecular complexity index is 581. The molecule has 0 bridgehead atoms. The van der Waals surface area contributed by atoms with Gasteiger partial charge in [0.2, 0.25) is 0 Å². The van der Waals surface area contributed by atoms with E-state index in [4.69, 9.17) is 15.2 Å². The molecule has 2 aromatic rings. The van der Waals surface area contributed by atoms with E-state index in [1.54, 1.807) is 14.2 Å². The summed E-state index contributed by atoms with van der Waals surface area (Å²) >= 11 is 0. The first-order valence-electron chi connectivity index (χ1n) is 6.76. The van der Waals surface area contributed by atoms with Gasteiger partial charge >= 0.3 is 0 Å². The molecule has 0 spiro atoms. The molecule has 0 aliphatic carbocycles. The van der Waals surface area contributed by atoms with Crippen molar-refractivity contribution in [2.24, 2.45) is 5.73 Å². The van der Waals surface area contributed by atoms with Gasteiger partial charge in [-0.1, -0.05) is 43.3 Å². The Morgan fingerprint density at radius 2 is 1.80 bits per heavy atom. The van der Waals surface area contributed by atoms with E-state index in [0.717, 1.165) is 17.5 Å². The SMILES string of the molecule is CCc1cccc(C(N)c2cccc(OC)c2OC)c1. The maximum Gasteiger partial charge on any atom is 0.165 e. The zero-order chi connectivity index (χ0) is 14.5. The van der Waals surface area contributed by atoms with Crippen molar-refractivity contribution in [2.75, 3.05) is 14.2 Å². The molecule has 0 aromatic heterocycles. The van der Waals surface area contributed by atoms with Crippen LogP contribution in [-0.2, 0) is 6.42 Å². The van der Waals surface area contributed by atoms with Crippen molar-refractivity contribution in [1.82, 2.24) is 0 Å². The minimum absolute atomic E-state index is 0.230. The fourth-order valence-electron chi connectivity index (χ4n) is 2.34. The van der Waals surface area contributed by atoms with Gasteiger partial charge in [-0.25, -0.2) is 0 Å². The molecule has 2 aromatic carbocycles. The van der Waals surface area contributed by atoms with Gasteiger partial charge in [0.25, 0.3) is 0 Å². The van der Waals surface area contributed by atoms with E-state index in [2.05, 4.69) is 19.1 Å². The standard InChI is InChI=1S/C17H21NO2/c1-4-12-7-5-8-13(11-12)16(18)14-9-6-10-15(19-2)17(14)20-3/h5-11,16H,4,18H2,1-3H3. The first kappa shape index (κ1) is 14.4. The largest absolute Gasteiger partial charge is 0.493 e. The predicted molar refractivity (Wildman–Crippen MR) is 81.4 cm³/mol. The Kier molecular flexibility index (Phi) is 4.64. The molecule has 2 rings (SSSR count). The van der Waals surface area contributed by atoms with Crippen LogP contribution >= 0.6 is 0 Å². The van der Waals surface area contributed by atoms with Gasteiger partial charge in [0.05, 0.1) is 20.3 Å². The number of nitrogens with two attached hydrogens (primary N) is 1. The van der Waals surface area contributed by atoms with Crippen LogP contribution in [0.3, 0.4) is 0 Å². The summed E-state index contributed by atoms with van der Waals surface area (Å²) in [4.78, 5) is 0. The molecule has 1 atom stereocenters. The molecule has 3 nitrogen and oxygen atoms in total. The second-order valence-corrected chi connectivity index (χ2v) is 4.66. The van der Waals surface area contributed by atoms with Gasteiger partial charge in [0.1, 0.15) is 0 Å². The van der Waals surface area contributed by atoms with Crippen molar-refractivity contribution in [2.45, 2.75) is 19.4 Å². The Hall–Kier alpha value is -2.00. The predicted octanol–water partition coefficient (Wildman–Crippen LogP) is 3.31. The fourth-order valence-corrected chi connectivity index (χ4v) is 2.34. The summed E-state index contributed by atoms with van der Waals surface area (Å²) in [6.45, 7) is 2.14. The van der Waals surface area contributed by atoms with E-state index in [1.807, 2.05) is 30.3 Å². The molecule has 0 saturated carbocycles. The highest BCUT2D eigenvalue weighted by molar-refractivity contribution is 5.50. The van der Waals surface area contributed by atoms with E-state index >= 15 is 0 Å². The van der Waals surface area contributed by atoms with Crippen LogP contribution in [0.4, 0.5) is 0 Å². The average molecular weight is 271 g/mol. The number of hydrogen-bond acceptors (Lipinski definition) is 3. The molecular formula is C17H21NO2. The number of para-hydroxylation sites is 1. The molecule has 0 aliphatic heterocycles. The van der Waals surface area contributed by atoms with E-state index < -0.39 is 0 Å². The van der Waals surface area contributed by atoms with Crippen LogP contribution < -0.4 is 15.2 Å². The normalized spacial score (nSPS) is 12.0. The summed E-state index contributed by atoms with van der Waals surface area (Å²) < 4.78 is 10.8. The van der Waals surface area contributed by atoms with Gasteiger partial charge < -0.3 is 15.2 Å². The summed E-state index contributed by atoms with van der Waals surface area (Å²) in [6, 6.07) is 13.9. The van der Waals surface area contributed by atoms with Gasteiger partial charge in [0, 0.05) is 5.56 Å². The topological polar surface area (TPSA) is 44.5 Å². The highest BCUT2D eigenvalue weighted by Crippen LogP contribution is 2.36. The third kappa shape index (κ3) is 2.78. The lowest BCUT2D eigenvalue weighted by Gasteiger charge is -2.18. The third-order valence-corrected chi connectivity index (χ3v) is 3.49. The lowest BCUT2D eigenvalue weighted by atomic mass is 9.96. The van der Waals surface area contributed by atoms with Crippen molar-refractivity contribution >= 4 is 0 Å². The van der Waals surface area contributed by atoms with Crippen LogP contribution in [0.1, 0.15) is 29.7 Å². The first-order valence-corrected chi connectivity index (χ1v) is 6.76. The summed E-state index contributed by atoms with van der Waals surface area (Å²) in [5.41, 5.74) is 9.69. The monoisotopic (exact) mass is 271 g/mol. The fraction of sp³-hybridized carbons (Fsp3) is 0.294. The summed E-state index contributed by atoms with van der Waals surface area (Å²) in [6.07, 6.45) is 0.996. The molecular weight excluding hydrogens is 250 g/mol. The summed E-state index contributed by atoms with van der Waals surface area (Å²) in [7, 11) is 3.27. The van der Waals surface area contributed by atoms with Crippen molar-refractivity contribution in [3.05, 3.63) is 59.2 Å². The number of hydrogen-bond donors (Lipinski definition) is 1. The second-order valence-electron chi connectivity index (χ2n) is 4.66. The van der Waals surface area contributed by atoms with Crippen molar-refractivity contribution in [1.29, 1.82) is 0 Å². The van der Waals surface area contributed by atoms with Gasteiger partial charge in [0.15, 0.2) is 11.5 Å². The van der Waals surface area contributed by atoms with E-state index in [0.29, 0.717) is 11.5 Å². The molecule has 0 radical (unpaired) electrons. The van der Waals surface area contributed by atoms with E-state index in [1.165, 1.54) is 5.56 Å². The highest BCUT2D eigenvalue weighted by Gasteiger charge is 2.17. The smallest absolute Gasteiger partial charge is 0.165 e. The van der Waals surface area contributed by atoms with E-state index in [9.17, 15) is 0 Å². The van der Waals surface area contributed by atoms with Gasteiger partial charge in [-0.2, -0.15) is 0 Å². The lowest BCUT2D eigenvalue weighted by molar-refractivity contribution is 0.350. The molecule has 106 valence electrons. The minimum Gasteiger partial charge on any atom is -0.493 e. The minimum atomic E-state index is -0.230. The van der Waals surface area contributed by atoms with Crippen LogP contribution in [0, 0.1) is 0 Å². The molecule has 0 fully saturated rings. The van der Waals surface area contributed by atoms with Crippen LogP contribution in [0.2, 0.25) is 0 Å². The van der Waals surface area contributed by atoms with Crippen LogP contribution in [0.5, 0.6) is 11.5 Å². The molecule has 3 heteroatoms. The third-order valence-electron chi connectivity index (χ3n) is 3.49. The van der Waals surface area contributed by atoms with Crippen LogP contribution in [0.25, 0.3) is 0 Å². The Balaban J connectivity index is 2.44. The molecule has 1 unspecified atom stereocenters. The van der Waals surface area contributed by atoms with Crippen molar-refractivity contribution < 1.29 is 9.47 Å². The molecule has 20 heavy (non-hydrogen) atoms. The zero-order valence-electron chi connectivity index (χ0n) is 12.2.